The van der Waals surface area contributed by atoms with Crippen LogP contribution in [0.3, 0.4) is 0 Å². The average Bonchev–Trinajstić information content (AvgIpc) is 2.73. The summed E-state index contributed by atoms with van der Waals surface area (Å²) < 4.78 is 0. The van der Waals surface area contributed by atoms with Crippen molar-refractivity contribution in [2.45, 2.75) is 39.2 Å². The van der Waals surface area contributed by atoms with E-state index in [-0.39, 0.29) is 11.9 Å². The predicted molar refractivity (Wildman–Crippen MR) is 74.1 cm³/mol. The lowest BCUT2D eigenvalue weighted by Crippen LogP contribution is -2.66. The molecule has 1 N–H and O–H groups in total. The number of urea groups is 1. The maximum absolute atomic E-state index is 12.6. The van der Waals surface area contributed by atoms with E-state index in [2.05, 4.69) is 5.32 Å². The Morgan fingerprint density at radius 1 is 1.30 bits per heavy atom. The van der Waals surface area contributed by atoms with Crippen LogP contribution in [0.15, 0.2) is 12.1 Å². The lowest BCUT2D eigenvalue weighted by Gasteiger charge is -2.46. The first kappa shape index (κ1) is 13.3. The van der Waals surface area contributed by atoms with Gasteiger partial charge in [0.1, 0.15) is 5.41 Å². The summed E-state index contributed by atoms with van der Waals surface area (Å²) in [6, 6.07) is 2.95. The van der Waals surface area contributed by atoms with E-state index in [4.69, 9.17) is 0 Å². The molecular formula is C14H16N2O3S. The van der Waals surface area contributed by atoms with Gasteiger partial charge in [-0.2, -0.15) is 0 Å². The van der Waals surface area contributed by atoms with Crippen LogP contribution in [-0.4, -0.2) is 22.7 Å². The second kappa shape index (κ2) is 4.41. The number of hydrogen-bond donors (Lipinski definition) is 1. The summed E-state index contributed by atoms with van der Waals surface area (Å²) >= 11 is 1.56. The number of carbonyl (C=O) groups excluding carboxylic acids is 3. The zero-order chi connectivity index (χ0) is 14.5. The van der Waals surface area contributed by atoms with Crippen molar-refractivity contribution in [2.24, 2.45) is 5.41 Å². The van der Waals surface area contributed by atoms with E-state index < -0.39 is 17.4 Å². The van der Waals surface area contributed by atoms with Crippen LogP contribution in [0.5, 0.6) is 0 Å². The van der Waals surface area contributed by atoms with Crippen molar-refractivity contribution in [3.63, 3.8) is 0 Å². The highest BCUT2D eigenvalue weighted by molar-refractivity contribution is 7.12. The minimum absolute atomic E-state index is 0.337. The van der Waals surface area contributed by atoms with Gasteiger partial charge in [0.2, 0.25) is 11.8 Å². The minimum Gasteiger partial charge on any atom is -0.277 e. The highest BCUT2D eigenvalue weighted by Gasteiger charge is 2.58. The van der Waals surface area contributed by atoms with E-state index in [0.717, 1.165) is 16.2 Å². The Morgan fingerprint density at radius 3 is 2.50 bits per heavy atom. The standard InChI is InChI=1S/C14H16N2O3S/c1-8-4-5-10(20-8)9(2)16-12(18)14(6-3-7-14)11(17)15-13(16)19/h4-5,9H,3,6-7H2,1-2H3,(H,15,17,19). The highest BCUT2D eigenvalue weighted by atomic mass is 32.1. The van der Waals surface area contributed by atoms with Gasteiger partial charge in [-0.25, -0.2) is 4.79 Å². The Morgan fingerprint density at radius 2 is 2.00 bits per heavy atom. The molecule has 20 heavy (non-hydrogen) atoms. The van der Waals surface area contributed by atoms with Crippen molar-refractivity contribution in [3.8, 4) is 0 Å². The number of rotatable bonds is 2. The van der Waals surface area contributed by atoms with Gasteiger partial charge in [0.15, 0.2) is 0 Å². The van der Waals surface area contributed by atoms with Crippen LogP contribution in [0.4, 0.5) is 4.79 Å². The molecule has 2 aliphatic rings. The molecular weight excluding hydrogens is 276 g/mol. The van der Waals surface area contributed by atoms with Gasteiger partial charge in [0, 0.05) is 9.75 Å². The quantitative estimate of drug-likeness (QED) is 0.851. The molecule has 5 nitrogen and oxygen atoms in total. The number of thiophene rings is 1. The molecule has 1 unspecified atom stereocenters. The summed E-state index contributed by atoms with van der Waals surface area (Å²) in [7, 11) is 0. The zero-order valence-corrected chi connectivity index (χ0v) is 12.3. The SMILES string of the molecule is Cc1ccc(C(C)N2C(=O)NC(=O)C3(CCC3)C2=O)s1. The number of carbonyl (C=O) groups is 3. The third-order valence-electron chi connectivity index (χ3n) is 4.27. The summed E-state index contributed by atoms with van der Waals surface area (Å²) in [4.78, 5) is 39.9. The zero-order valence-electron chi connectivity index (χ0n) is 11.4. The first-order valence-electron chi connectivity index (χ1n) is 6.71. The van der Waals surface area contributed by atoms with Crippen molar-refractivity contribution < 1.29 is 14.4 Å². The fourth-order valence-corrected chi connectivity index (χ4v) is 3.75. The van der Waals surface area contributed by atoms with Gasteiger partial charge in [0.25, 0.3) is 0 Å². The lowest BCUT2D eigenvalue weighted by atomic mass is 9.66. The van der Waals surface area contributed by atoms with Crippen LogP contribution in [0, 0.1) is 12.3 Å². The summed E-state index contributed by atoms with van der Waals surface area (Å²) in [6.45, 7) is 3.81. The summed E-state index contributed by atoms with van der Waals surface area (Å²) in [5.74, 6) is -0.763. The fourth-order valence-electron chi connectivity index (χ4n) is 2.83. The number of nitrogens with zero attached hydrogens (tertiary/aromatic N) is 1. The first-order chi connectivity index (χ1) is 9.45. The van der Waals surface area contributed by atoms with Crippen molar-refractivity contribution in [1.29, 1.82) is 0 Å². The Hall–Kier alpha value is -1.69. The minimum atomic E-state index is -0.992. The topological polar surface area (TPSA) is 66.5 Å². The van der Waals surface area contributed by atoms with Crippen LogP contribution < -0.4 is 5.32 Å². The van der Waals surface area contributed by atoms with Crippen molar-refractivity contribution in [3.05, 3.63) is 21.9 Å². The second-order valence-electron chi connectivity index (χ2n) is 5.49. The van der Waals surface area contributed by atoms with Gasteiger partial charge >= 0.3 is 6.03 Å². The molecule has 1 aliphatic heterocycles. The molecule has 1 saturated carbocycles. The van der Waals surface area contributed by atoms with Crippen molar-refractivity contribution in [1.82, 2.24) is 10.2 Å². The monoisotopic (exact) mass is 292 g/mol. The molecule has 4 amide bonds. The van der Waals surface area contributed by atoms with E-state index in [1.807, 2.05) is 26.0 Å². The number of aryl methyl sites for hydroxylation is 1. The van der Waals surface area contributed by atoms with Gasteiger partial charge in [-0.1, -0.05) is 6.42 Å². The number of barbiturate groups is 1. The predicted octanol–water partition coefficient (Wildman–Crippen LogP) is 2.37. The van der Waals surface area contributed by atoms with Gasteiger partial charge in [-0.3, -0.25) is 19.8 Å². The Labute approximate surface area is 121 Å². The number of amides is 4. The second-order valence-corrected chi connectivity index (χ2v) is 6.81. The lowest BCUT2D eigenvalue weighted by molar-refractivity contribution is -0.159. The van der Waals surface area contributed by atoms with Crippen LogP contribution in [0.2, 0.25) is 0 Å². The van der Waals surface area contributed by atoms with E-state index in [9.17, 15) is 14.4 Å². The first-order valence-corrected chi connectivity index (χ1v) is 7.53. The van der Waals surface area contributed by atoms with Crippen molar-refractivity contribution >= 4 is 29.2 Å². The van der Waals surface area contributed by atoms with Gasteiger partial charge < -0.3 is 0 Å². The third kappa shape index (κ3) is 1.71. The smallest absolute Gasteiger partial charge is 0.277 e. The molecule has 3 rings (SSSR count). The number of nitrogens with one attached hydrogen (secondary N) is 1. The van der Waals surface area contributed by atoms with Crippen LogP contribution >= 0.6 is 11.3 Å². The molecule has 1 aromatic heterocycles. The molecule has 0 radical (unpaired) electrons. The van der Waals surface area contributed by atoms with Crippen LogP contribution in [0.25, 0.3) is 0 Å². The molecule has 1 atom stereocenters. The molecule has 6 heteroatoms. The largest absolute Gasteiger partial charge is 0.331 e. The summed E-state index contributed by atoms with van der Waals surface area (Å²) in [5, 5.41) is 2.34. The Balaban J connectivity index is 1.93. The number of imide groups is 2. The fraction of sp³-hybridized carbons (Fsp3) is 0.500. The van der Waals surface area contributed by atoms with Crippen LogP contribution in [0.1, 0.15) is 42.0 Å². The van der Waals surface area contributed by atoms with E-state index >= 15 is 0 Å². The molecule has 0 bridgehead atoms. The molecule has 1 aliphatic carbocycles. The van der Waals surface area contributed by atoms with Gasteiger partial charge in [0.05, 0.1) is 6.04 Å². The molecule has 0 aromatic carbocycles. The Kier molecular flexibility index (Phi) is 2.93. The van der Waals surface area contributed by atoms with Crippen molar-refractivity contribution in [2.75, 3.05) is 0 Å². The average molecular weight is 292 g/mol. The Bertz CT molecular complexity index is 603. The molecule has 2 fully saturated rings. The summed E-state index contributed by atoms with van der Waals surface area (Å²) in [6.07, 6.45) is 1.93. The maximum Gasteiger partial charge on any atom is 0.331 e. The molecule has 1 spiro atoms. The summed E-state index contributed by atoms with van der Waals surface area (Å²) in [5.41, 5.74) is -0.992. The van der Waals surface area contributed by atoms with E-state index in [0.29, 0.717) is 12.8 Å². The maximum atomic E-state index is 12.6. The van der Waals surface area contributed by atoms with E-state index in [1.165, 1.54) is 4.90 Å². The van der Waals surface area contributed by atoms with Crippen LogP contribution in [-0.2, 0) is 9.59 Å². The van der Waals surface area contributed by atoms with Gasteiger partial charge in [-0.15, -0.1) is 11.3 Å². The number of hydrogen-bond acceptors (Lipinski definition) is 4. The highest BCUT2D eigenvalue weighted by Crippen LogP contribution is 2.46. The third-order valence-corrected chi connectivity index (χ3v) is 5.44. The molecule has 2 heterocycles. The molecule has 1 saturated heterocycles. The van der Waals surface area contributed by atoms with E-state index in [1.54, 1.807) is 11.3 Å². The normalized spacial score (nSPS) is 22.7. The molecule has 1 aromatic rings. The molecule has 106 valence electrons. The van der Waals surface area contributed by atoms with Gasteiger partial charge in [-0.05, 0) is 38.8 Å².